The molecule has 1 N–H and O–H groups in total. The number of carbonyl (C=O) groups is 1. The van der Waals surface area contributed by atoms with Crippen molar-refractivity contribution in [1.29, 1.82) is 5.26 Å². The zero-order valence-corrected chi connectivity index (χ0v) is 16.1. The van der Waals surface area contributed by atoms with Gasteiger partial charge in [-0.05, 0) is 25.2 Å². The number of aliphatic carboxylic acids is 1. The van der Waals surface area contributed by atoms with Gasteiger partial charge in [-0.15, -0.1) is 11.8 Å². The van der Waals surface area contributed by atoms with Gasteiger partial charge < -0.3 is 5.11 Å². The molecule has 0 aromatic rings. The molecule has 0 aliphatic rings. The molecule has 0 saturated carbocycles. The molecular weight excluding hydrogens is 322 g/mol. The van der Waals surface area contributed by atoms with E-state index < -0.39 is 10.7 Å². The predicted molar refractivity (Wildman–Crippen MR) is 96.8 cm³/mol. The van der Waals surface area contributed by atoms with Gasteiger partial charge in [0.2, 0.25) is 0 Å². The lowest BCUT2D eigenvalue weighted by Gasteiger charge is -2.32. The molecule has 0 radical (unpaired) electrons. The quantitative estimate of drug-likeness (QED) is 0.675. The summed E-state index contributed by atoms with van der Waals surface area (Å²) in [5.74, 6) is -0.885. The summed E-state index contributed by atoms with van der Waals surface area (Å²) in [6.07, 6.45) is 1.28. The van der Waals surface area contributed by atoms with E-state index in [9.17, 15) is 10.1 Å². The van der Waals surface area contributed by atoms with E-state index in [2.05, 4.69) is 40.7 Å². The molecule has 0 saturated heterocycles. The fourth-order valence-corrected chi connectivity index (χ4v) is 6.42. The van der Waals surface area contributed by atoms with Crippen LogP contribution in [0, 0.1) is 16.7 Å². The first-order chi connectivity index (χ1) is 9.29. The molecule has 0 rings (SSSR count). The maximum absolute atomic E-state index is 10.7. The Hall–Kier alpha value is -0.250. The van der Waals surface area contributed by atoms with Crippen molar-refractivity contribution in [3.05, 3.63) is 0 Å². The van der Waals surface area contributed by atoms with Crippen molar-refractivity contribution < 1.29 is 9.90 Å². The van der Waals surface area contributed by atoms with E-state index in [4.69, 9.17) is 17.3 Å². The Bertz CT molecular complexity index is 435. The lowest BCUT2D eigenvalue weighted by atomic mass is 9.86. The highest BCUT2D eigenvalue weighted by Crippen LogP contribution is 2.43. The molecule has 0 bridgehead atoms. The number of nitriles is 1. The molecule has 21 heavy (non-hydrogen) atoms. The van der Waals surface area contributed by atoms with Crippen LogP contribution in [0.5, 0.6) is 0 Å². The lowest BCUT2D eigenvalue weighted by molar-refractivity contribution is -0.137. The van der Waals surface area contributed by atoms with Crippen LogP contribution in [-0.2, 0) is 4.79 Å². The van der Waals surface area contributed by atoms with Crippen molar-refractivity contribution in [3.8, 4) is 6.07 Å². The van der Waals surface area contributed by atoms with Gasteiger partial charge in [-0.1, -0.05) is 58.6 Å². The van der Waals surface area contributed by atoms with Gasteiger partial charge in [0.05, 0.1) is 6.07 Å². The number of carboxylic acid groups (broad SMARTS) is 1. The molecule has 1 atom stereocenters. The first kappa shape index (κ1) is 20.8. The fraction of sp³-hybridized carbons (Fsp3) is 0.800. The summed E-state index contributed by atoms with van der Waals surface area (Å²) < 4.78 is -0.0788. The molecule has 0 aromatic carbocycles. The monoisotopic (exact) mass is 347 g/mol. The molecule has 0 fully saturated rings. The van der Waals surface area contributed by atoms with Gasteiger partial charge >= 0.3 is 5.97 Å². The van der Waals surface area contributed by atoms with Gasteiger partial charge in [-0.25, -0.2) is 0 Å². The van der Waals surface area contributed by atoms with Crippen molar-refractivity contribution in [3.63, 3.8) is 0 Å². The van der Waals surface area contributed by atoms with Crippen LogP contribution in [0.3, 0.4) is 0 Å². The van der Waals surface area contributed by atoms with Crippen molar-refractivity contribution in [2.24, 2.45) is 5.41 Å². The van der Waals surface area contributed by atoms with E-state index in [-0.39, 0.29) is 16.6 Å². The highest BCUT2D eigenvalue weighted by atomic mass is 32.2. The van der Waals surface area contributed by atoms with E-state index >= 15 is 0 Å². The molecule has 0 aliphatic carbocycles. The Kier molecular flexibility index (Phi) is 7.75. The zero-order valence-electron chi connectivity index (χ0n) is 13.6. The second-order valence-corrected chi connectivity index (χ2v) is 11.6. The van der Waals surface area contributed by atoms with Crippen LogP contribution in [0.25, 0.3) is 0 Å². The molecule has 120 valence electrons. The van der Waals surface area contributed by atoms with Crippen LogP contribution in [0.15, 0.2) is 0 Å². The van der Waals surface area contributed by atoms with Crippen molar-refractivity contribution >= 4 is 45.2 Å². The molecule has 0 aromatic heterocycles. The summed E-state index contributed by atoms with van der Waals surface area (Å²) in [7, 11) is 0. The smallest absolute Gasteiger partial charge is 0.303 e. The number of hydrogen-bond acceptors (Lipinski definition) is 5. The van der Waals surface area contributed by atoms with Crippen LogP contribution in [-0.4, -0.2) is 24.1 Å². The average molecular weight is 348 g/mol. The van der Waals surface area contributed by atoms with E-state index in [1.165, 1.54) is 11.8 Å². The van der Waals surface area contributed by atoms with E-state index in [1.54, 1.807) is 18.7 Å². The number of hydrogen-bond donors (Lipinski definition) is 1. The number of carboxylic acids is 1. The van der Waals surface area contributed by atoms with Crippen molar-refractivity contribution in [2.45, 2.75) is 70.3 Å². The maximum Gasteiger partial charge on any atom is 0.303 e. The molecular formula is C15H25NO2S3. The van der Waals surface area contributed by atoms with Crippen LogP contribution in [0.2, 0.25) is 0 Å². The van der Waals surface area contributed by atoms with Gasteiger partial charge in [0, 0.05) is 11.2 Å². The second kappa shape index (κ2) is 7.85. The third-order valence-corrected chi connectivity index (χ3v) is 5.45. The molecule has 0 amide bonds. The van der Waals surface area contributed by atoms with Gasteiger partial charge in [0.1, 0.15) is 8.28 Å². The van der Waals surface area contributed by atoms with Crippen LogP contribution >= 0.6 is 35.7 Å². The zero-order chi connectivity index (χ0) is 16.9. The minimum absolute atomic E-state index is 0.00844. The van der Waals surface area contributed by atoms with Crippen LogP contribution in [0.1, 0.15) is 60.8 Å². The van der Waals surface area contributed by atoms with E-state index in [0.717, 1.165) is 6.42 Å². The van der Waals surface area contributed by atoms with Gasteiger partial charge in [-0.2, -0.15) is 5.26 Å². The second-order valence-electron chi connectivity index (χ2n) is 7.19. The Morgan fingerprint density at radius 2 is 1.71 bits per heavy atom. The largest absolute Gasteiger partial charge is 0.481 e. The van der Waals surface area contributed by atoms with Crippen LogP contribution < -0.4 is 0 Å². The number of nitrogens with zero attached hydrogens (tertiary/aromatic N) is 1. The maximum atomic E-state index is 10.7. The third kappa shape index (κ3) is 10.2. The minimum atomic E-state index is -0.885. The summed E-state index contributed by atoms with van der Waals surface area (Å²) in [5, 5.41) is 18.1. The van der Waals surface area contributed by atoms with Gasteiger partial charge in [-0.3, -0.25) is 4.79 Å². The number of thioether (sulfide) groups is 2. The highest BCUT2D eigenvalue weighted by Gasteiger charge is 2.32. The normalized spacial score (nSPS) is 15.1. The first-order valence-corrected chi connectivity index (χ1v) is 8.88. The summed E-state index contributed by atoms with van der Waals surface area (Å²) in [5.41, 5.74) is 0.207. The number of thiocarbonyl (C=S) groups is 1. The summed E-state index contributed by atoms with van der Waals surface area (Å²) >= 11 is 8.33. The van der Waals surface area contributed by atoms with E-state index in [0.29, 0.717) is 9.95 Å². The predicted octanol–water partition coefficient (Wildman–Crippen LogP) is 5.10. The van der Waals surface area contributed by atoms with E-state index in [1.807, 2.05) is 0 Å². The topological polar surface area (TPSA) is 61.1 Å². The molecule has 6 heteroatoms. The number of rotatable bonds is 6. The summed E-state index contributed by atoms with van der Waals surface area (Å²) in [6, 6.07) is 2.20. The molecule has 0 spiro atoms. The van der Waals surface area contributed by atoms with Crippen LogP contribution in [0.4, 0.5) is 0 Å². The molecule has 0 aliphatic heterocycles. The highest BCUT2D eigenvalue weighted by molar-refractivity contribution is 8.48. The van der Waals surface area contributed by atoms with Gasteiger partial charge in [0.15, 0.2) is 0 Å². The Morgan fingerprint density at radius 3 is 2.10 bits per heavy atom. The molecule has 3 nitrogen and oxygen atoms in total. The minimum Gasteiger partial charge on any atom is -0.481 e. The lowest BCUT2D eigenvalue weighted by Crippen LogP contribution is -2.26. The Balaban J connectivity index is 4.66. The first-order valence-electron chi connectivity index (χ1n) is 6.84. The van der Waals surface area contributed by atoms with Gasteiger partial charge in [0.25, 0.3) is 0 Å². The Labute approximate surface area is 142 Å². The van der Waals surface area contributed by atoms with Crippen molar-refractivity contribution in [2.75, 3.05) is 0 Å². The molecule has 1 unspecified atom stereocenters. The van der Waals surface area contributed by atoms with Crippen molar-refractivity contribution in [1.82, 2.24) is 0 Å². The average Bonchev–Trinajstić information content (AvgIpc) is 2.21. The third-order valence-electron chi connectivity index (χ3n) is 2.68. The fourth-order valence-electron chi connectivity index (χ4n) is 2.22. The SMILES string of the molecule is CC(C)(C)CC(C)(C)SC(=S)SC(C)(C#N)CCC(=O)O. The Morgan fingerprint density at radius 1 is 1.19 bits per heavy atom. The molecule has 0 heterocycles. The summed E-state index contributed by atoms with van der Waals surface area (Å²) in [4.78, 5) is 10.7. The summed E-state index contributed by atoms with van der Waals surface area (Å²) in [6.45, 7) is 12.6. The standard InChI is InChI=1S/C15H25NO2S3/c1-13(2,3)9-14(4,5)20-12(19)21-15(6,10-16)8-7-11(17)18/h7-9H2,1-6H3,(H,17,18).